The van der Waals surface area contributed by atoms with Gasteiger partial charge in [-0.3, -0.25) is 0 Å². The molecule has 0 atom stereocenters. The number of hydrogen-bond donors (Lipinski definition) is 0. The van der Waals surface area contributed by atoms with E-state index in [2.05, 4.69) is 13.5 Å². The maximum absolute atomic E-state index is 5.62. The average molecular weight is 465 g/mol. The number of hydrogen-bond acceptors (Lipinski definition) is 0. The Kier molecular flexibility index (Phi) is 50.0. The molecule has 19 heavy (non-hydrogen) atoms. The van der Waals surface area contributed by atoms with E-state index in [1.54, 1.807) is 0 Å². The quantitative estimate of drug-likeness (QED) is 0.336. The Balaban J connectivity index is -0.0000000147. The molecule has 0 bridgehead atoms. The number of alkyl halides is 1. The van der Waals surface area contributed by atoms with E-state index in [1.807, 2.05) is 13.5 Å². The fourth-order valence-corrected chi connectivity index (χ4v) is 0. The van der Waals surface area contributed by atoms with E-state index in [4.69, 9.17) is 67.0 Å². The van der Waals surface area contributed by atoms with Crippen LogP contribution in [0.2, 0.25) is 25.2 Å². The van der Waals surface area contributed by atoms with Gasteiger partial charge in [-0.2, -0.15) is 0 Å². The van der Waals surface area contributed by atoms with Gasteiger partial charge in [0.25, 0.3) is 0 Å². The van der Waals surface area contributed by atoms with Gasteiger partial charge in [-0.25, -0.2) is 0 Å². The minimum absolute atomic E-state index is 0. The molecule has 0 radical (unpaired) electrons. The molecule has 0 rings (SSSR count). The molecule has 0 unspecified atom stereocenters. The van der Waals surface area contributed by atoms with Crippen molar-refractivity contribution in [2.24, 2.45) is 0 Å². The van der Waals surface area contributed by atoms with E-state index in [9.17, 15) is 0 Å². The van der Waals surface area contributed by atoms with Gasteiger partial charge < -0.3 is 4.28 Å². The molecule has 0 saturated carbocycles. The zero-order chi connectivity index (χ0) is 13.8. The van der Waals surface area contributed by atoms with Gasteiger partial charge in [0.05, 0.1) is 5.50 Å². The number of rotatable bonds is 3. The smallest absolute Gasteiger partial charge is 1.00 e. The molecular formula is C7H26AlCl6LiMgSi3. The second kappa shape index (κ2) is 24.5. The van der Waals surface area contributed by atoms with Gasteiger partial charge in [0, 0.05) is 9.52 Å². The first-order chi connectivity index (χ1) is 7.04. The average Bonchev–Trinajstić information content (AvgIpc) is 2.17. The molecule has 12 heteroatoms. The van der Waals surface area contributed by atoms with Gasteiger partial charge in [-0.05, 0) is 12.6 Å². The summed E-state index contributed by atoms with van der Waals surface area (Å²) in [5.41, 5.74) is 0.178. The molecule has 114 valence electrons. The van der Waals surface area contributed by atoms with Gasteiger partial charge in [0.1, 0.15) is 0 Å². The molecule has 0 amide bonds. The van der Waals surface area contributed by atoms with Crippen LogP contribution in [0.4, 0.5) is 0 Å². The van der Waals surface area contributed by atoms with Crippen LogP contribution in [0, 0.1) is 0 Å². The van der Waals surface area contributed by atoms with Crippen molar-refractivity contribution in [2.45, 2.75) is 39.0 Å². The fraction of sp³-hybridized carbons (Fsp3) is 1.00. The van der Waals surface area contributed by atoms with Gasteiger partial charge in [-0.1, -0.05) is 26.4 Å². The molecule has 0 aliphatic heterocycles. The third-order valence-corrected chi connectivity index (χ3v) is 9.06. The van der Waals surface area contributed by atoms with Crippen molar-refractivity contribution in [3.8, 4) is 0 Å². The third kappa shape index (κ3) is 72.0. The molecule has 0 aromatic heterocycles. The topological polar surface area (TPSA) is 0 Å². The van der Waals surface area contributed by atoms with Gasteiger partial charge in [0.2, 0.25) is 6.69 Å². The summed E-state index contributed by atoms with van der Waals surface area (Å²) in [5.74, 6) is 0. The molecule has 0 aromatic rings. The molecule has 0 aliphatic carbocycles. The molecule has 0 aliphatic rings. The summed E-state index contributed by atoms with van der Waals surface area (Å²) in [7, 11) is 0.424. The molecule has 0 fully saturated rings. The van der Waals surface area contributed by atoms with Gasteiger partial charge >= 0.3 is 47.9 Å². The SMILES string of the molecule is CC[SiH2]C.CC[Si](C)(Cl)Cl.ClC[Si](Cl)(Cl)Cl.[AlH3].[H-].[H-].[H-].[Li+].[Mg+2]. The van der Waals surface area contributed by atoms with Crippen molar-refractivity contribution in [1.82, 2.24) is 0 Å². The Hall–Kier alpha value is 4.29. The summed E-state index contributed by atoms with van der Waals surface area (Å²) in [5, 5.41) is 0. The molecule has 0 nitrogen and oxygen atoms in total. The third-order valence-electron chi connectivity index (χ3n) is 1.27. The van der Waals surface area contributed by atoms with Crippen molar-refractivity contribution in [2.75, 3.05) is 5.50 Å². The molecule has 0 N–H and O–H groups in total. The minimum atomic E-state index is -2.45. The van der Waals surface area contributed by atoms with Crippen molar-refractivity contribution < 1.29 is 23.1 Å². The molecule has 0 aromatic carbocycles. The predicted molar refractivity (Wildman–Crippen MR) is 112 cm³/mol. The Bertz CT molecular complexity index is 146. The summed E-state index contributed by atoms with van der Waals surface area (Å²) < 4.78 is 0. The second-order valence-electron chi connectivity index (χ2n) is 3.17. The van der Waals surface area contributed by atoms with Crippen LogP contribution in [0.3, 0.4) is 0 Å². The van der Waals surface area contributed by atoms with Crippen LogP contribution < -0.4 is 18.9 Å². The Morgan fingerprint density at radius 2 is 1.21 bits per heavy atom. The van der Waals surface area contributed by atoms with Crippen LogP contribution in [-0.4, -0.2) is 68.1 Å². The second-order valence-corrected chi connectivity index (χ2v) is 23.5. The Morgan fingerprint density at radius 3 is 1.21 bits per heavy atom. The van der Waals surface area contributed by atoms with E-state index in [-0.39, 0.29) is 69.1 Å². The zero-order valence-corrected chi connectivity index (χ0v) is 21.2. The van der Waals surface area contributed by atoms with E-state index < -0.39 is 12.7 Å². The summed E-state index contributed by atoms with van der Waals surface area (Å²) in [6.07, 6.45) is 0. The maximum Gasteiger partial charge on any atom is 2.00 e. The predicted octanol–water partition coefficient (Wildman–Crippen LogP) is 1.39. The first kappa shape index (κ1) is 38.7. The Morgan fingerprint density at radius 1 is 1.05 bits per heavy atom. The zero-order valence-electron chi connectivity index (χ0n) is 14.8. The van der Waals surface area contributed by atoms with Crippen molar-refractivity contribution in [3.05, 3.63) is 0 Å². The van der Waals surface area contributed by atoms with Crippen LogP contribution in [0.15, 0.2) is 0 Å². The van der Waals surface area contributed by atoms with Crippen LogP contribution in [0.5, 0.6) is 0 Å². The largest absolute Gasteiger partial charge is 2.00 e. The normalized spacial score (nSPS) is 9.79. The summed E-state index contributed by atoms with van der Waals surface area (Å²) in [4.78, 5) is 0. The monoisotopic (exact) mass is 462 g/mol. The first-order valence-corrected chi connectivity index (χ1v) is 18.0. The van der Waals surface area contributed by atoms with Crippen molar-refractivity contribution in [3.63, 3.8) is 0 Å². The molecule has 0 saturated heterocycles. The Labute approximate surface area is 195 Å². The standard InChI is InChI=1S/C3H8Cl2Si.C3H10Si.CH2Cl4Si.Al.Li.Mg.6H/c1-3-6(2,4)5;1-3-4-2;2-1-6(3,4)5;;;;;;;;;/h3H2,1-2H3;3-4H2,1-2H3;1H2;;;;;;;;;/q;;;;+1;+2;;;;3*-1. The van der Waals surface area contributed by atoms with E-state index in [0.717, 1.165) is 6.04 Å². The van der Waals surface area contributed by atoms with Crippen LogP contribution in [0.1, 0.15) is 18.1 Å². The first-order valence-electron chi connectivity index (χ1n) is 5.04. The molecule has 0 heterocycles. The van der Waals surface area contributed by atoms with Gasteiger partial charge in [-0.15, -0.1) is 67.0 Å². The van der Waals surface area contributed by atoms with Gasteiger partial charge in [0.15, 0.2) is 17.4 Å². The molecular weight excluding hydrogens is 439 g/mol. The molecule has 0 spiro atoms. The van der Waals surface area contributed by atoms with E-state index in [1.165, 1.54) is 6.04 Å². The van der Waals surface area contributed by atoms with Crippen molar-refractivity contribution >= 4 is 130 Å². The van der Waals surface area contributed by atoms with Crippen molar-refractivity contribution in [1.29, 1.82) is 0 Å². The summed E-state index contributed by atoms with van der Waals surface area (Å²) >= 11 is 32.2. The van der Waals surface area contributed by atoms with E-state index >= 15 is 0 Å². The maximum atomic E-state index is 5.62. The summed E-state index contributed by atoms with van der Waals surface area (Å²) in [6.45, 7) is 6.79. The van der Waals surface area contributed by atoms with E-state index in [0.29, 0.717) is 9.52 Å². The van der Waals surface area contributed by atoms with Crippen LogP contribution >= 0.6 is 67.0 Å². The minimum Gasteiger partial charge on any atom is -1.00 e. The van der Waals surface area contributed by atoms with Crippen LogP contribution in [-0.2, 0) is 0 Å². The van der Waals surface area contributed by atoms with Crippen LogP contribution in [0.25, 0.3) is 0 Å². The summed E-state index contributed by atoms with van der Waals surface area (Å²) in [6, 6.07) is -0.0502. The fourth-order valence-electron chi connectivity index (χ4n) is 0. The number of halogens is 6.